The quantitative estimate of drug-likeness (QED) is 0.202. The molecule has 0 N–H and O–H groups in total. The van der Waals surface area contributed by atoms with E-state index in [1.165, 1.54) is 60.5 Å². The molecule has 0 saturated carbocycles. The Morgan fingerprint density at radius 2 is 1.04 bits per heavy atom. The van der Waals surface area contributed by atoms with E-state index in [9.17, 15) is 0 Å². The van der Waals surface area contributed by atoms with Crippen LogP contribution in [0.5, 0.6) is 0 Å². The van der Waals surface area contributed by atoms with Crippen molar-refractivity contribution in [2.75, 3.05) is 4.90 Å². The number of aromatic nitrogens is 1. The van der Waals surface area contributed by atoms with Crippen molar-refractivity contribution in [2.24, 2.45) is 0 Å². The lowest BCUT2D eigenvalue weighted by Crippen LogP contribution is -2.16. The Kier molecular flexibility index (Phi) is 5.58. The van der Waals surface area contributed by atoms with Crippen LogP contribution in [0.4, 0.5) is 17.1 Å². The summed E-state index contributed by atoms with van der Waals surface area (Å²) in [6.45, 7) is 4.70. The van der Waals surface area contributed by atoms with Gasteiger partial charge in [-0.05, 0) is 82.2 Å². The number of hydrogen-bond donors (Lipinski definition) is 0. The standard InChI is InChI=1S/C43H32N2/c1-43(2)38-18-8-5-15-34(38)35-27-26-32(28-39(35)43)44(40-21-11-13-29-12-3-4-14-33(29)40)30-22-24-31(25-23-30)45-41-19-9-6-16-36(41)37-17-7-10-20-42(37)45/h3-28H,1-2H3. The molecule has 9 rings (SSSR count). The van der Waals surface area contributed by atoms with Gasteiger partial charge in [-0.2, -0.15) is 0 Å². The lowest BCUT2D eigenvalue weighted by molar-refractivity contribution is 0.660. The second-order valence-corrected chi connectivity index (χ2v) is 12.6. The topological polar surface area (TPSA) is 8.17 Å². The fourth-order valence-corrected chi connectivity index (χ4v) is 7.61. The molecule has 214 valence electrons. The van der Waals surface area contributed by atoms with Gasteiger partial charge in [0.15, 0.2) is 0 Å². The highest BCUT2D eigenvalue weighted by Crippen LogP contribution is 2.51. The molecule has 1 aromatic heterocycles. The number of rotatable bonds is 4. The third-order valence-electron chi connectivity index (χ3n) is 9.78. The molecule has 45 heavy (non-hydrogen) atoms. The van der Waals surface area contributed by atoms with E-state index >= 15 is 0 Å². The first-order valence-electron chi connectivity index (χ1n) is 15.7. The average molecular weight is 577 g/mol. The molecule has 8 aromatic rings. The molecule has 7 aromatic carbocycles. The number of hydrogen-bond acceptors (Lipinski definition) is 1. The van der Waals surface area contributed by atoms with Crippen LogP contribution in [0.3, 0.4) is 0 Å². The molecule has 0 fully saturated rings. The molecule has 0 bridgehead atoms. The monoisotopic (exact) mass is 576 g/mol. The number of fused-ring (bicyclic) bond motifs is 7. The van der Waals surface area contributed by atoms with E-state index in [1.807, 2.05) is 0 Å². The van der Waals surface area contributed by atoms with Crippen molar-refractivity contribution in [1.29, 1.82) is 0 Å². The minimum atomic E-state index is -0.0766. The normalized spacial score (nSPS) is 13.3. The highest BCUT2D eigenvalue weighted by Gasteiger charge is 2.35. The molecule has 2 nitrogen and oxygen atoms in total. The lowest BCUT2D eigenvalue weighted by Gasteiger charge is -2.29. The fourth-order valence-electron chi connectivity index (χ4n) is 7.61. The van der Waals surface area contributed by atoms with Crippen molar-refractivity contribution in [1.82, 2.24) is 4.57 Å². The Hall–Kier alpha value is -5.60. The van der Waals surface area contributed by atoms with Crippen LogP contribution in [0.1, 0.15) is 25.0 Å². The van der Waals surface area contributed by atoms with Crippen LogP contribution in [-0.4, -0.2) is 4.57 Å². The maximum absolute atomic E-state index is 2.43. The molecule has 0 atom stereocenters. The van der Waals surface area contributed by atoms with E-state index in [1.54, 1.807) is 0 Å². The first-order valence-corrected chi connectivity index (χ1v) is 15.7. The molecule has 0 radical (unpaired) electrons. The lowest BCUT2D eigenvalue weighted by atomic mass is 9.82. The van der Waals surface area contributed by atoms with E-state index < -0.39 is 0 Å². The zero-order valence-electron chi connectivity index (χ0n) is 25.4. The Balaban J connectivity index is 1.24. The Morgan fingerprint density at radius 3 is 1.80 bits per heavy atom. The number of benzene rings is 7. The summed E-state index contributed by atoms with van der Waals surface area (Å²) in [5.41, 5.74) is 12.4. The van der Waals surface area contributed by atoms with Crippen molar-refractivity contribution < 1.29 is 0 Å². The van der Waals surface area contributed by atoms with Gasteiger partial charge in [0, 0.05) is 38.6 Å². The minimum Gasteiger partial charge on any atom is -0.310 e. The molecule has 1 aliphatic carbocycles. The van der Waals surface area contributed by atoms with Crippen LogP contribution in [0.2, 0.25) is 0 Å². The van der Waals surface area contributed by atoms with Crippen LogP contribution in [-0.2, 0) is 5.41 Å². The van der Waals surface area contributed by atoms with Crippen molar-refractivity contribution in [2.45, 2.75) is 19.3 Å². The Morgan fingerprint density at radius 1 is 0.467 bits per heavy atom. The second kappa shape index (κ2) is 9.70. The van der Waals surface area contributed by atoms with Gasteiger partial charge in [-0.15, -0.1) is 0 Å². The molecule has 0 amide bonds. The smallest absolute Gasteiger partial charge is 0.0541 e. The van der Waals surface area contributed by atoms with Gasteiger partial charge in [-0.25, -0.2) is 0 Å². The molecular weight excluding hydrogens is 544 g/mol. The van der Waals surface area contributed by atoms with Crippen LogP contribution in [0.25, 0.3) is 49.4 Å². The number of anilines is 3. The first kappa shape index (κ1) is 25.9. The van der Waals surface area contributed by atoms with E-state index in [4.69, 9.17) is 0 Å². The van der Waals surface area contributed by atoms with E-state index in [-0.39, 0.29) is 5.41 Å². The fraction of sp³-hybridized carbons (Fsp3) is 0.0698. The highest BCUT2D eigenvalue weighted by molar-refractivity contribution is 6.09. The summed E-state index contributed by atoms with van der Waals surface area (Å²) in [6.07, 6.45) is 0. The predicted molar refractivity (Wildman–Crippen MR) is 191 cm³/mol. The van der Waals surface area contributed by atoms with Gasteiger partial charge in [0.25, 0.3) is 0 Å². The number of para-hydroxylation sites is 2. The maximum Gasteiger partial charge on any atom is 0.0541 e. The zero-order valence-corrected chi connectivity index (χ0v) is 25.4. The van der Waals surface area contributed by atoms with Gasteiger partial charge in [0.05, 0.1) is 16.7 Å². The molecule has 2 heteroatoms. The first-order chi connectivity index (χ1) is 22.1. The van der Waals surface area contributed by atoms with Crippen molar-refractivity contribution >= 4 is 49.6 Å². The van der Waals surface area contributed by atoms with Crippen molar-refractivity contribution in [3.63, 3.8) is 0 Å². The largest absolute Gasteiger partial charge is 0.310 e. The molecule has 0 unspecified atom stereocenters. The van der Waals surface area contributed by atoms with Gasteiger partial charge in [0.1, 0.15) is 0 Å². The molecule has 1 heterocycles. The molecule has 0 saturated heterocycles. The SMILES string of the molecule is CC1(C)c2ccccc2-c2ccc(N(c3ccc(-n4c5ccccc5c5ccccc54)cc3)c3cccc4ccccc34)cc21. The highest BCUT2D eigenvalue weighted by atomic mass is 15.1. The van der Waals surface area contributed by atoms with Gasteiger partial charge >= 0.3 is 0 Å². The summed E-state index contributed by atoms with van der Waals surface area (Å²) in [4.78, 5) is 2.43. The Labute approximate surface area is 263 Å². The van der Waals surface area contributed by atoms with Crippen molar-refractivity contribution in [3.05, 3.63) is 169 Å². The van der Waals surface area contributed by atoms with Crippen LogP contribution >= 0.6 is 0 Å². The average Bonchev–Trinajstić information content (AvgIpc) is 3.54. The molecule has 0 spiro atoms. The number of nitrogens with zero attached hydrogens (tertiary/aromatic N) is 2. The molecular formula is C43H32N2. The zero-order chi connectivity index (χ0) is 30.1. The van der Waals surface area contributed by atoms with Gasteiger partial charge in [0.2, 0.25) is 0 Å². The van der Waals surface area contributed by atoms with E-state index in [0.29, 0.717) is 0 Å². The third kappa shape index (κ3) is 3.82. The van der Waals surface area contributed by atoms with E-state index in [0.717, 1.165) is 17.1 Å². The van der Waals surface area contributed by atoms with Gasteiger partial charge in [-0.1, -0.05) is 117 Å². The van der Waals surface area contributed by atoms with Gasteiger partial charge in [-0.3, -0.25) is 0 Å². The van der Waals surface area contributed by atoms with Crippen LogP contribution in [0.15, 0.2) is 158 Å². The van der Waals surface area contributed by atoms with E-state index in [2.05, 4.69) is 181 Å². The summed E-state index contributed by atoms with van der Waals surface area (Å²) in [5, 5.41) is 5.01. The summed E-state index contributed by atoms with van der Waals surface area (Å²) in [5.74, 6) is 0. The van der Waals surface area contributed by atoms with Crippen LogP contribution < -0.4 is 4.90 Å². The second-order valence-electron chi connectivity index (χ2n) is 12.6. The Bertz CT molecular complexity index is 2350. The summed E-state index contributed by atoms with van der Waals surface area (Å²) >= 11 is 0. The summed E-state index contributed by atoms with van der Waals surface area (Å²) in [7, 11) is 0. The molecule has 1 aliphatic rings. The molecule has 0 aliphatic heterocycles. The summed E-state index contributed by atoms with van der Waals surface area (Å²) in [6, 6.07) is 57.6. The van der Waals surface area contributed by atoms with Gasteiger partial charge < -0.3 is 9.47 Å². The predicted octanol–water partition coefficient (Wildman–Crippen LogP) is 11.7. The minimum absolute atomic E-state index is 0.0766. The summed E-state index contributed by atoms with van der Waals surface area (Å²) < 4.78 is 2.38. The third-order valence-corrected chi connectivity index (χ3v) is 9.78. The maximum atomic E-state index is 2.43. The van der Waals surface area contributed by atoms with Crippen molar-refractivity contribution in [3.8, 4) is 16.8 Å². The van der Waals surface area contributed by atoms with Crippen LogP contribution in [0, 0.1) is 0 Å².